The number of fused-ring (bicyclic) bond motifs is 1. The van der Waals surface area contributed by atoms with Gasteiger partial charge in [-0.2, -0.15) is 0 Å². The number of aromatic carboxylic acids is 1. The van der Waals surface area contributed by atoms with E-state index >= 15 is 0 Å². The average molecular weight is 505 g/mol. The van der Waals surface area contributed by atoms with Crippen molar-refractivity contribution in [1.82, 2.24) is 5.32 Å². The molecule has 0 aliphatic heterocycles. The number of aliphatic hydroxyl groups excluding tert-OH is 1. The molecule has 0 spiro atoms. The summed E-state index contributed by atoms with van der Waals surface area (Å²) in [5.74, 6) is -1.96. The minimum Gasteiger partial charge on any atom is -0.478 e. The minimum atomic E-state index is -4.07. The molecule has 36 heavy (non-hydrogen) atoms. The number of hydrogen-bond acceptors (Lipinski definition) is 5. The lowest BCUT2D eigenvalue weighted by Gasteiger charge is -2.17. The van der Waals surface area contributed by atoms with E-state index in [2.05, 4.69) is 10.0 Å². The van der Waals surface area contributed by atoms with Crippen molar-refractivity contribution >= 4 is 38.4 Å². The van der Waals surface area contributed by atoms with Gasteiger partial charge in [0.1, 0.15) is 0 Å². The van der Waals surface area contributed by atoms with Crippen molar-refractivity contribution in [1.29, 1.82) is 0 Å². The maximum Gasteiger partial charge on any atom is 0.335 e. The van der Waals surface area contributed by atoms with Gasteiger partial charge in [0.05, 0.1) is 28.8 Å². The molecule has 0 bridgehead atoms. The van der Waals surface area contributed by atoms with Crippen molar-refractivity contribution in [3.05, 3.63) is 108 Å². The number of hydrogen-bond donors (Lipinski definition) is 4. The first-order valence-corrected chi connectivity index (χ1v) is 12.6. The number of sulfonamides is 1. The Balaban J connectivity index is 1.59. The number of rotatable bonds is 9. The van der Waals surface area contributed by atoms with E-state index in [-0.39, 0.29) is 28.3 Å². The van der Waals surface area contributed by atoms with E-state index in [1.165, 1.54) is 18.2 Å². The van der Waals surface area contributed by atoms with Crippen LogP contribution in [0.5, 0.6) is 0 Å². The Bertz CT molecular complexity index is 1520. The highest BCUT2D eigenvalue weighted by atomic mass is 32.2. The Labute approximate surface area is 208 Å². The molecule has 0 unspecified atom stereocenters. The highest BCUT2D eigenvalue weighted by Crippen LogP contribution is 2.23. The van der Waals surface area contributed by atoms with Crippen molar-refractivity contribution in [3.63, 3.8) is 0 Å². The van der Waals surface area contributed by atoms with Crippen LogP contribution in [-0.2, 0) is 16.4 Å². The molecule has 0 fully saturated rings. The van der Waals surface area contributed by atoms with Crippen molar-refractivity contribution in [2.75, 3.05) is 11.3 Å². The molecule has 4 aromatic rings. The predicted molar refractivity (Wildman–Crippen MR) is 137 cm³/mol. The van der Waals surface area contributed by atoms with Gasteiger partial charge < -0.3 is 15.5 Å². The third kappa shape index (κ3) is 5.88. The van der Waals surface area contributed by atoms with Crippen LogP contribution < -0.4 is 10.0 Å². The molecule has 9 heteroatoms. The second-order valence-corrected chi connectivity index (χ2v) is 9.94. The standard InChI is InChI=1S/C27H24N2O6S/c30-17-24(12-18-6-2-1-3-7-18)28-26(31)21-13-22(27(32)33)15-23(14-21)29-36(34,35)25-11-10-19-8-4-5-9-20(19)16-25/h1-11,13-16,24,29-30H,12,17H2,(H,28,31)(H,32,33)/t24-/m0/s1. The van der Waals surface area contributed by atoms with E-state index in [1.54, 1.807) is 18.2 Å². The molecular weight excluding hydrogens is 480 g/mol. The van der Waals surface area contributed by atoms with Gasteiger partial charge in [-0.15, -0.1) is 0 Å². The topological polar surface area (TPSA) is 133 Å². The summed E-state index contributed by atoms with van der Waals surface area (Å²) in [5.41, 5.74) is 0.511. The summed E-state index contributed by atoms with van der Waals surface area (Å²) in [5, 5.41) is 23.5. The Morgan fingerprint density at radius 1 is 0.806 bits per heavy atom. The lowest BCUT2D eigenvalue weighted by molar-refractivity contribution is 0.0697. The molecule has 0 aliphatic carbocycles. The molecule has 0 saturated carbocycles. The second kappa shape index (κ2) is 10.6. The number of benzene rings is 4. The summed E-state index contributed by atoms with van der Waals surface area (Å²) < 4.78 is 28.5. The average Bonchev–Trinajstić information content (AvgIpc) is 2.88. The lowest BCUT2D eigenvalue weighted by Crippen LogP contribution is -2.39. The van der Waals surface area contributed by atoms with Gasteiger partial charge in [0.15, 0.2) is 0 Å². The Kier molecular flexibility index (Phi) is 7.33. The molecule has 4 N–H and O–H groups in total. The smallest absolute Gasteiger partial charge is 0.335 e. The van der Waals surface area contributed by atoms with Crippen molar-refractivity contribution < 1.29 is 28.2 Å². The summed E-state index contributed by atoms with van der Waals surface area (Å²) >= 11 is 0. The van der Waals surface area contributed by atoms with Crippen LogP contribution in [0, 0.1) is 0 Å². The maximum absolute atomic E-state index is 13.0. The van der Waals surface area contributed by atoms with Crippen LogP contribution in [0.3, 0.4) is 0 Å². The minimum absolute atomic E-state index is 0.00358. The molecule has 184 valence electrons. The summed E-state index contributed by atoms with van der Waals surface area (Å²) in [6.07, 6.45) is 0.364. The van der Waals surface area contributed by atoms with Gasteiger partial charge in [-0.3, -0.25) is 9.52 Å². The van der Waals surface area contributed by atoms with Crippen LogP contribution in [0.25, 0.3) is 10.8 Å². The zero-order valence-electron chi connectivity index (χ0n) is 19.1. The molecule has 1 amide bonds. The van der Waals surface area contributed by atoms with Crippen LogP contribution in [0.4, 0.5) is 5.69 Å². The molecule has 0 radical (unpaired) electrons. The zero-order chi connectivity index (χ0) is 25.7. The number of amides is 1. The normalized spacial score (nSPS) is 12.1. The van der Waals surface area contributed by atoms with E-state index in [1.807, 2.05) is 42.5 Å². The number of carboxylic acids is 1. The SMILES string of the molecule is O=C(O)c1cc(NS(=O)(=O)c2ccc3ccccc3c2)cc(C(=O)N[C@H](CO)Cc2ccccc2)c1. The fraction of sp³-hybridized carbons (Fsp3) is 0.111. The third-order valence-electron chi connectivity index (χ3n) is 5.61. The van der Waals surface area contributed by atoms with Gasteiger partial charge in [0.25, 0.3) is 15.9 Å². The molecule has 0 aromatic heterocycles. The molecule has 4 aromatic carbocycles. The van der Waals surface area contributed by atoms with Gasteiger partial charge >= 0.3 is 5.97 Å². The van der Waals surface area contributed by atoms with E-state index in [4.69, 9.17) is 0 Å². The van der Waals surface area contributed by atoms with Gasteiger partial charge in [-0.25, -0.2) is 13.2 Å². The molecule has 0 heterocycles. The Morgan fingerprint density at radius 2 is 1.47 bits per heavy atom. The molecular formula is C27H24N2O6S. The first-order valence-electron chi connectivity index (χ1n) is 11.1. The first kappa shape index (κ1) is 24.9. The molecule has 8 nitrogen and oxygen atoms in total. The fourth-order valence-corrected chi connectivity index (χ4v) is 4.89. The highest BCUT2D eigenvalue weighted by molar-refractivity contribution is 7.92. The molecule has 0 saturated heterocycles. The fourth-order valence-electron chi connectivity index (χ4n) is 3.82. The van der Waals surface area contributed by atoms with Gasteiger partial charge in [-0.1, -0.05) is 60.7 Å². The largest absolute Gasteiger partial charge is 0.478 e. The molecule has 0 aliphatic rings. The van der Waals surface area contributed by atoms with Gasteiger partial charge in [-0.05, 0) is 53.1 Å². The Morgan fingerprint density at radius 3 is 2.17 bits per heavy atom. The second-order valence-electron chi connectivity index (χ2n) is 8.26. The quantitative estimate of drug-likeness (QED) is 0.275. The number of carboxylic acid groups (broad SMARTS) is 1. The summed E-state index contributed by atoms with van der Waals surface area (Å²) in [6, 6.07) is 24.1. The summed E-state index contributed by atoms with van der Waals surface area (Å²) in [4.78, 5) is 24.6. The van der Waals surface area contributed by atoms with Crippen LogP contribution in [-0.4, -0.2) is 43.2 Å². The lowest BCUT2D eigenvalue weighted by atomic mass is 10.0. The highest BCUT2D eigenvalue weighted by Gasteiger charge is 2.20. The number of anilines is 1. The van der Waals surface area contributed by atoms with Crippen molar-refractivity contribution in [2.24, 2.45) is 0 Å². The van der Waals surface area contributed by atoms with Crippen LogP contribution in [0.1, 0.15) is 26.3 Å². The molecule has 4 rings (SSSR count). The number of nitrogens with one attached hydrogen (secondary N) is 2. The third-order valence-corrected chi connectivity index (χ3v) is 6.99. The van der Waals surface area contributed by atoms with E-state index in [9.17, 15) is 28.2 Å². The van der Waals surface area contributed by atoms with Crippen LogP contribution >= 0.6 is 0 Å². The predicted octanol–water partition coefficient (Wildman–Crippen LogP) is 3.67. The van der Waals surface area contributed by atoms with Crippen molar-refractivity contribution in [3.8, 4) is 0 Å². The monoisotopic (exact) mass is 504 g/mol. The van der Waals surface area contributed by atoms with E-state index in [0.717, 1.165) is 28.5 Å². The summed E-state index contributed by atoms with van der Waals surface area (Å²) in [6.45, 7) is -0.333. The molecule has 1 atom stereocenters. The van der Waals surface area contributed by atoms with Gasteiger partial charge in [0, 0.05) is 5.56 Å². The van der Waals surface area contributed by atoms with Crippen LogP contribution in [0.2, 0.25) is 0 Å². The van der Waals surface area contributed by atoms with E-state index < -0.39 is 27.9 Å². The first-order chi connectivity index (χ1) is 17.2. The van der Waals surface area contributed by atoms with Crippen molar-refractivity contribution in [2.45, 2.75) is 17.4 Å². The maximum atomic E-state index is 13.0. The number of carbonyl (C=O) groups excluding carboxylic acids is 1. The van der Waals surface area contributed by atoms with E-state index in [0.29, 0.717) is 6.42 Å². The van der Waals surface area contributed by atoms with Gasteiger partial charge in [0.2, 0.25) is 0 Å². The number of aliphatic hydroxyl groups is 1. The summed E-state index contributed by atoms with van der Waals surface area (Å²) in [7, 11) is -4.07. The Hall–Kier alpha value is -4.21. The van der Waals surface area contributed by atoms with Crippen LogP contribution in [0.15, 0.2) is 95.9 Å². The zero-order valence-corrected chi connectivity index (χ0v) is 19.9. The number of carbonyl (C=O) groups is 2.